The molecule has 0 aliphatic carbocycles. The van der Waals surface area contributed by atoms with Gasteiger partial charge in [-0.3, -0.25) is 4.72 Å². The molecule has 0 aliphatic heterocycles. The Morgan fingerprint density at radius 3 is 2.52 bits per heavy atom. The van der Waals surface area contributed by atoms with Crippen molar-refractivity contribution < 1.29 is 13.4 Å². The first-order valence-corrected chi connectivity index (χ1v) is 9.73. The maximum atomic E-state index is 12.3. The van der Waals surface area contributed by atoms with Gasteiger partial charge in [0.1, 0.15) is 0 Å². The molecule has 0 saturated heterocycles. The van der Waals surface area contributed by atoms with Crippen LogP contribution in [0.25, 0.3) is 4.72 Å². The Bertz CT molecular complexity index is 997. The number of benzene rings is 1. The molecule has 1 aromatic carbocycles. The molecule has 0 bridgehead atoms. The van der Waals surface area contributed by atoms with Gasteiger partial charge < -0.3 is 20.6 Å². The van der Waals surface area contributed by atoms with Crippen molar-refractivity contribution in [2.75, 3.05) is 5.32 Å². The van der Waals surface area contributed by atoms with Gasteiger partial charge in [-0.1, -0.05) is 6.07 Å². The number of pyridine rings is 1. The quantitative estimate of drug-likeness (QED) is 0.610. The van der Waals surface area contributed by atoms with E-state index < -0.39 is 10.0 Å². The number of aromatic nitrogens is 3. The molecular formula is C17H16N6O2S2. The summed E-state index contributed by atoms with van der Waals surface area (Å²) in [5.74, 6) is -0.108. The third-order valence-electron chi connectivity index (χ3n) is 3.39. The van der Waals surface area contributed by atoms with Gasteiger partial charge in [0.2, 0.25) is 10.0 Å². The summed E-state index contributed by atoms with van der Waals surface area (Å²) in [7, 11) is -3.88. The highest BCUT2D eigenvalue weighted by molar-refractivity contribution is 7.94. The number of aromatic amines is 1. The summed E-state index contributed by atoms with van der Waals surface area (Å²) in [6, 6.07) is 11.6. The van der Waals surface area contributed by atoms with Crippen LogP contribution in [-0.4, -0.2) is 23.5 Å². The van der Waals surface area contributed by atoms with Gasteiger partial charge in [-0.25, -0.2) is 13.4 Å². The minimum Gasteiger partial charge on any atom is -0.366 e. The molecule has 2 aromatic heterocycles. The maximum absolute atomic E-state index is 12.3. The van der Waals surface area contributed by atoms with Crippen molar-refractivity contribution in [1.82, 2.24) is 15.3 Å². The lowest BCUT2D eigenvalue weighted by atomic mass is 10.3. The van der Waals surface area contributed by atoms with E-state index in [1.807, 2.05) is 24.5 Å². The summed E-state index contributed by atoms with van der Waals surface area (Å²) >= 11 is 5.24. The molecule has 2 heterocycles. The van der Waals surface area contributed by atoms with E-state index >= 15 is 0 Å². The molecule has 0 fully saturated rings. The average Bonchev–Trinajstić information content (AvgIpc) is 2.68. The van der Waals surface area contributed by atoms with Gasteiger partial charge in [-0.2, -0.15) is 0 Å². The Balaban J connectivity index is 1.59. The summed E-state index contributed by atoms with van der Waals surface area (Å²) in [6.45, 7) is 0.561. The second kappa shape index (κ2) is 8.52. The van der Waals surface area contributed by atoms with Crippen LogP contribution >= 0.6 is 12.2 Å². The van der Waals surface area contributed by atoms with Crippen molar-refractivity contribution in [1.29, 1.82) is 0 Å². The molecule has 3 N–H and O–H groups in total. The smallest absolute Gasteiger partial charge is 0.229 e. The van der Waals surface area contributed by atoms with Crippen molar-refractivity contribution in [2.24, 2.45) is 0 Å². The van der Waals surface area contributed by atoms with Crippen LogP contribution in [-0.2, 0) is 16.6 Å². The molecule has 138 valence electrons. The van der Waals surface area contributed by atoms with Crippen LogP contribution in [0, 0.1) is 0 Å². The minimum atomic E-state index is -3.88. The van der Waals surface area contributed by atoms with E-state index in [0.717, 1.165) is 5.56 Å². The molecule has 0 amide bonds. The number of anilines is 1. The Hall–Kier alpha value is -3.11. The summed E-state index contributed by atoms with van der Waals surface area (Å²) in [5, 5.41) is 6.50. The molecule has 3 rings (SSSR count). The predicted octanol–water partition coefficient (Wildman–Crippen LogP) is 2.17. The van der Waals surface area contributed by atoms with E-state index in [4.69, 9.17) is 12.2 Å². The van der Waals surface area contributed by atoms with E-state index in [9.17, 15) is 8.42 Å². The van der Waals surface area contributed by atoms with Gasteiger partial charge >= 0.3 is 0 Å². The number of hydrogen-bond acceptors (Lipinski definition) is 5. The van der Waals surface area contributed by atoms with Gasteiger partial charge in [0.25, 0.3) is 0 Å². The predicted molar refractivity (Wildman–Crippen MR) is 105 cm³/mol. The summed E-state index contributed by atoms with van der Waals surface area (Å²) in [4.78, 5) is 10.6. The van der Waals surface area contributed by atoms with E-state index in [0.29, 0.717) is 17.3 Å². The van der Waals surface area contributed by atoms with Gasteiger partial charge in [0, 0.05) is 29.8 Å². The SMILES string of the molecule is O=S(=O)([N-]c1ncccn1)c1ccc(NC(=S)NCc2ccc[nH+]c2)cc1. The molecule has 27 heavy (non-hydrogen) atoms. The Kier molecular flexibility index (Phi) is 5.89. The number of sulfonamides is 1. The monoisotopic (exact) mass is 400 g/mol. The summed E-state index contributed by atoms with van der Waals surface area (Å²) in [5.41, 5.74) is 1.70. The fourth-order valence-corrected chi connectivity index (χ4v) is 3.19. The second-order valence-corrected chi connectivity index (χ2v) is 7.37. The van der Waals surface area contributed by atoms with Crippen LogP contribution in [0.2, 0.25) is 0 Å². The van der Waals surface area contributed by atoms with Gasteiger partial charge in [-0.15, -0.1) is 0 Å². The van der Waals surface area contributed by atoms with Crippen molar-refractivity contribution in [3.05, 3.63) is 77.5 Å². The number of hydrogen-bond donors (Lipinski definition) is 2. The van der Waals surface area contributed by atoms with E-state index in [-0.39, 0.29) is 10.8 Å². The van der Waals surface area contributed by atoms with Crippen LogP contribution in [0.15, 0.2) is 72.1 Å². The molecule has 3 aromatic rings. The lowest BCUT2D eigenvalue weighted by Crippen LogP contribution is -2.28. The fraction of sp³-hybridized carbons (Fsp3) is 0.0588. The minimum absolute atomic E-state index is 0.0409. The molecule has 8 nitrogen and oxygen atoms in total. The van der Waals surface area contributed by atoms with Crippen molar-refractivity contribution in [3.63, 3.8) is 0 Å². The normalized spacial score (nSPS) is 10.8. The molecular weight excluding hydrogens is 384 g/mol. The van der Waals surface area contributed by atoms with Crippen LogP contribution < -0.4 is 15.6 Å². The zero-order chi connectivity index (χ0) is 19.1. The number of H-pyrrole nitrogens is 1. The van der Waals surface area contributed by atoms with Gasteiger partial charge in [0.15, 0.2) is 17.5 Å². The van der Waals surface area contributed by atoms with E-state index in [2.05, 4.69) is 30.3 Å². The zero-order valence-corrected chi connectivity index (χ0v) is 15.7. The van der Waals surface area contributed by atoms with Gasteiger partial charge in [0.05, 0.1) is 4.90 Å². The first-order valence-electron chi connectivity index (χ1n) is 7.88. The highest BCUT2D eigenvalue weighted by Crippen LogP contribution is 2.24. The first-order chi connectivity index (χ1) is 13.0. The molecule has 0 aliphatic rings. The van der Waals surface area contributed by atoms with Crippen LogP contribution in [0.1, 0.15) is 5.56 Å². The summed E-state index contributed by atoms with van der Waals surface area (Å²) in [6.07, 6.45) is 6.55. The Labute approximate surface area is 162 Å². The second-order valence-electron chi connectivity index (χ2n) is 5.36. The highest BCUT2D eigenvalue weighted by Gasteiger charge is 2.11. The standard InChI is InChI=1S/C17H16N6O2S2/c24-27(25,23-16-19-9-2-10-20-16)15-6-4-14(5-7-15)22-17(26)21-12-13-3-1-8-18-11-13/h1-11H,12H2,(H3,19,20,21,22,23,26). The fourth-order valence-electron chi connectivity index (χ4n) is 2.11. The lowest BCUT2D eigenvalue weighted by molar-refractivity contribution is -0.378. The molecule has 0 atom stereocenters. The molecule has 0 saturated carbocycles. The lowest BCUT2D eigenvalue weighted by Gasteiger charge is -2.13. The number of nitrogens with zero attached hydrogens (tertiary/aromatic N) is 3. The average molecular weight is 400 g/mol. The molecule has 0 spiro atoms. The van der Waals surface area contributed by atoms with Gasteiger partial charge in [-0.05, 0) is 54.9 Å². The Morgan fingerprint density at radius 1 is 1.11 bits per heavy atom. The Morgan fingerprint density at radius 2 is 1.85 bits per heavy atom. The summed E-state index contributed by atoms with van der Waals surface area (Å²) < 4.78 is 28.2. The first kappa shape index (κ1) is 18.7. The van der Waals surface area contributed by atoms with E-state index in [1.165, 1.54) is 24.5 Å². The van der Waals surface area contributed by atoms with Crippen molar-refractivity contribution in [3.8, 4) is 0 Å². The molecule has 0 radical (unpaired) electrons. The molecule has 0 unspecified atom stereocenters. The molecule has 10 heteroatoms. The number of nitrogens with one attached hydrogen (secondary N) is 3. The van der Waals surface area contributed by atoms with Crippen LogP contribution in [0.5, 0.6) is 0 Å². The largest absolute Gasteiger partial charge is 0.366 e. The van der Waals surface area contributed by atoms with Crippen LogP contribution in [0.4, 0.5) is 11.6 Å². The highest BCUT2D eigenvalue weighted by atomic mass is 32.2. The third kappa shape index (κ3) is 5.43. The van der Waals surface area contributed by atoms with Crippen molar-refractivity contribution in [2.45, 2.75) is 11.4 Å². The zero-order valence-electron chi connectivity index (χ0n) is 14.0. The topological polar surface area (TPSA) is 112 Å². The number of rotatable bonds is 6. The van der Waals surface area contributed by atoms with E-state index in [1.54, 1.807) is 18.2 Å². The van der Waals surface area contributed by atoms with Crippen LogP contribution in [0.3, 0.4) is 0 Å². The third-order valence-corrected chi connectivity index (χ3v) is 4.91. The number of thiocarbonyl (C=S) groups is 1. The maximum Gasteiger partial charge on any atom is 0.229 e. The van der Waals surface area contributed by atoms with Crippen molar-refractivity contribution >= 4 is 39.0 Å².